The zero-order valence-electron chi connectivity index (χ0n) is 24.1. The van der Waals surface area contributed by atoms with Crippen molar-refractivity contribution in [2.75, 3.05) is 0 Å². The largest absolute Gasteiger partial charge is 1.00 e. The van der Waals surface area contributed by atoms with Gasteiger partial charge in [-0.1, -0.05) is 20.8 Å². The molecule has 208 valence electrons. The maximum absolute atomic E-state index is 11.9. The van der Waals surface area contributed by atoms with Gasteiger partial charge in [-0.15, -0.1) is 0 Å². The predicted octanol–water partition coefficient (Wildman–Crippen LogP) is -6.88. The summed E-state index contributed by atoms with van der Waals surface area (Å²) in [6.45, 7) is 6.17. The van der Waals surface area contributed by atoms with Crippen molar-refractivity contribution in [1.29, 1.82) is 0 Å². The van der Waals surface area contributed by atoms with Crippen molar-refractivity contribution in [3.8, 4) is 0 Å². The quantitative estimate of drug-likeness (QED) is 0.145. The average molecular weight is 619 g/mol. The van der Waals surface area contributed by atoms with Gasteiger partial charge in [-0.3, -0.25) is 8.37 Å². The minimum Gasteiger partial charge on any atom is -0.726 e. The van der Waals surface area contributed by atoms with Gasteiger partial charge in [0.1, 0.15) is 0 Å². The van der Waals surface area contributed by atoms with Crippen LogP contribution in [0.3, 0.4) is 0 Å². The summed E-state index contributed by atoms with van der Waals surface area (Å²) in [4.78, 5) is 11.1. The smallest absolute Gasteiger partial charge is 0.726 e. The van der Waals surface area contributed by atoms with Gasteiger partial charge < -0.3 is 19.0 Å². The Bertz CT molecular complexity index is 1070. The van der Waals surface area contributed by atoms with Crippen LogP contribution in [-0.2, 0) is 34.0 Å². The molecule has 15 heteroatoms. The minimum atomic E-state index is -4.97. The van der Waals surface area contributed by atoms with Crippen molar-refractivity contribution >= 4 is 26.8 Å². The number of carbonyl (C=O) groups excluding carboxylic acids is 1. The maximum atomic E-state index is 11.9. The van der Waals surface area contributed by atoms with Gasteiger partial charge in [-0.05, 0) is 105 Å². The predicted molar refractivity (Wildman–Crippen MR) is 123 cm³/mol. The van der Waals surface area contributed by atoms with Crippen molar-refractivity contribution in [1.82, 2.24) is 0 Å². The molecule has 0 bridgehead atoms. The fourth-order valence-electron chi connectivity index (χ4n) is 9.20. The number of fused-ring (bicyclic) bond motifs is 5. The molecular weight excluding hydrogens is 581 g/mol. The Morgan fingerprint density at radius 3 is 2.08 bits per heavy atom. The molecule has 0 saturated heterocycles. The second kappa shape index (κ2) is 14.5. The van der Waals surface area contributed by atoms with Crippen LogP contribution in [-0.4, -0.2) is 44.1 Å². The summed E-state index contributed by atoms with van der Waals surface area (Å²) in [5, 5.41) is 11.1. The molecule has 0 aromatic carbocycles. The molecule has 0 aliphatic heterocycles. The normalized spacial score (nSPS) is 40.4. The standard InChI is InChI=1S/C24H40O10S2.3Na/c1-14(4-9-22(25)26)18-7-8-19-17-6-5-15-12-16(33-35(27,28)29)10-11-23(15,2)20(17)13-21(24(18,19)3)34-36(30,31)32;;;/h14-21H,4-13H2,1-3H3,(H,25,26)(H,27,28,29)(H,30,31,32);;;/q;3*+1/p-3/t14-,15-,16-,17+,18-,19+,20+,21+,23+,24-;;;/m1.../s1. The molecule has 4 saturated carbocycles. The van der Waals surface area contributed by atoms with E-state index in [2.05, 4.69) is 6.92 Å². The van der Waals surface area contributed by atoms with Gasteiger partial charge in [0, 0.05) is 11.4 Å². The number of carboxylic acid groups (broad SMARTS) is 1. The first-order chi connectivity index (χ1) is 16.5. The molecule has 0 N–H and O–H groups in total. The second-order valence-corrected chi connectivity index (χ2v) is 14.2. The van der Waals surface area contributed by atoms with Gasteiger partial charge in [0.15, 0.2) is 0 Å². The first-order valence-electron chi connectivity index (χ1n) is 13.0. The fourth-order valence-corrected chi connectivity index (χ4v) is 10.3. The Morgan fingerprint density at radius 2 is 1.51 bits per heavy atom. The number of hydrogen-bond acceptors (Lipinski definition) is 10. The fraction of sp³-hybridized carbons (Fsp3) is 0.958. The van der Waals surface area contributed by atoms with E-state index in [0.717, 1.165) is 25.7 Å². The van der Waals surface area contributed by atoms with Crippen molar-refractivity contribution < 1.29 is 133 Å². The molecule has 4 rings (SSSR count). The van der Waals surface area contributed by atoms with Crippen LogP contribution in [0.1, 0.15) is 85.0 Å². The van der Waals surface area contributed by atoms with Gasteiger partial charge >= 0.3 is 88.7 Å². The maximum Gasteiger partial charge on any atom is 1.00 e. The molecule has 4 aliphatic rings. The third-order valence-corrected chi connectivity index (χ3v) is 11.7. The van der Waals surface area contributed by atoms with Gasteiger partial charge in [-0.25, -0.2) is 16.8 Å². The minimum absolute atomic E-state index is 0. The molecule has 0 aromatic heterocycles. The zero-order chi connectivity index (χ0) is 26.7. The van der Waals surface area contributed by atoms with E-state index in [0.29, 0.717) is 38.0 Å². The van der Waals surface area contributed by atoms with Crippen LogP contribution in [0.5, 0.6) is 0 Å². The Morgan fingerprint density at radius 1 is 0.897 bits per heavy atom. The van der Waals surface area contributed by atoms with Crippen LogP contribution in [0.15, 0.2) is 0 Å². The first kappa shape index (κ1) is 39.2. The molecular formula is C24H37Na3O10S2. The zero-order valence-corrected chi connectivity index (χ0v) is 31.7. The van der Waals surface area contributed by atoms with E-state index in [-0.39, 0.29) is 130 Å². The summed E-state index contributed by atoms with van der Waals surface area (Å²) < 4.78 is 79.1. The molecule has 0 spiro atoms. The van der Waals surface area contributed by atoms with Crippen LogP contribution in [0.2, 0.25) is 0 Å². The number of carbonyl (C=O) groups is 1. The van der Waals surface area contributed by atoms with Crippen LogP contribution in [0.4, 0.5) is 0 Å². The monoisotopic (exact) mass is 618 g/mol. The van der Waals surface area contributed by atoms with Gasteiger partial charge in [0.2, 0.25) is 20.8 Å². The Kier molecular flexibility index (Phi) is 14.6. The number of carboxylic acids is 1. The van der Waals surface area contributed by atoms with Gasteiger partial charge in [0.25, 0.3) is 0 Å². The van der Waals surface area contributed by atoms with E-state index >= 15 is 0 Å². The third kappa shape index (κ3) is 8.48. The number of aliphatic carboxylic acids is 1. The van der Waals surface area contributed by atoms with Crippen molar-refractivity contribution in [2.24, 2.45) is 46.3 Å². The Balaban J connectivity index is 0.00000253. The molecule has 0 amide bonds. The second-order valence-electron chi connectivity index (χ2n) is 12.2. The van der Waals surface area contributed by atoms with E-state index in [1.807, 2.05) is 13.8 Å². The third-order valence-electron chi connectivity index (χ3n) is 10.7. The summed E-state index contributed by atoms with van der Waals surface area (Å²) in [5.74, 6) is -0.460. The molecule has 10 nitrogen and oxygen atoms in total. The van der Waals surface area contributed by atoms with Crippen molar-refractivity contribution in [2.45, 2.75) is 97.2 Å². The van der Waals surface area contributed by atoms with E-state index < -0.39 is 44.4 Å². The molecule has 0 radical (unpaired) electrons. The van der Waals surface area contributed by atoms with Gasteiger partial charge in [-0.2, -0.15) is 0 Å². The Hall–Kier alpha value is 2.21. The van der Waals surface area contributed by atoms with Crippen LogP contribution >= 0.6 is 0 Å². The van der Waals surface area contributed by atoms with Gasteiger partial charge in [0.05, 0.1) is 12.2 Å². The molecule has 39 heavy (non-hydrogen) atoms. The molecule has 0 aromatic rings. The number of rotatable bonds is 8. The van der Waals surface area contributed by atoms with E-state index in [1.54, 1.807) is 0 Å². The summed E-state index contributed by atoms with van der Waals surface area (Å²) in [6, 6.07) is 0. The summed E-state index contributed by atoms with van der Waals surface area (Å²) in [5.41, 5.74) is -0.798. The summed E-state index contributed by atoms with van der Waals surface area (Å²) >= 11 is 0. The SMILES string of the molecule is C[C@H](CCC(=O)[O-])[C@H]1CC[C@H]2[C@@H]3CC[C@@H]4C[C@H](OS(=O)(=O)[O-])CC[C@]4(C)[C@H]3C[C@H](OS(=O)(=O)[O-])[C@]12C.[Na+].[Na+].[Na+]. The van der Waals surface area contributed by atoms with Crippen LogP contribution in [0, 0.1) is 46.3 Å². The molecule has 0 heterocycles. The molecule has 10 atom stereocenters. The van der Waals surface area contributed by atoms with Crippen molar-refractivity contribution in [3.05, 3.63) is 0 Å². The van der Waals surface area contributed by atoms with E-state index in [4.69, 9.17) is 8.37 Å². The average Bonchev–Trinajstić information content (AvgIpc) is 3.09. The summed E-state index contributed by atoms with van der Waals surface area (Å²) in [7, 11) is -9.76. The topological polar surface area (TPSA) is 173 Å². The molecule has 4 fully saturated rings. The summed E-state index contributed by atoms with van der Waals surface area (Å²) in [6.07, 6.45) is 4.24. The number of hydrogen-bond donors (Lipinski definition) is 0. The van der Waals surface area contributed by atoms with Crippen LogP contribution < -0.4 is 93.8 Å². The van der Waals surface area contributed by atoms with Crippen molar-refractivity contribution in [3.63, 3.8) is 0 Å². The first-order valence-corrected chi connectivity index (χ1v) is 15.7. The van der Waals surface area contributed by atoms with E-state index in [1.165, 1.54) is 0 Å². The van der Waals surface area contributed by atoms with E-state index in [9.17, 15) is 35.8 Å². The van der Waals surface area contributed by atoms with Crippen LogP contribution in [0.25, 0.3) is 0 Å². The Labute approximate surface area is 299 Å². The molecule has 0 unspecified atom stereocenters. The molecule has 4 aliphatic carbocycles.